The molecular weight excluding hydrogens is 308 g/mol. The van der Waals surface area contributed by atoms with Gasteiger partial charge >= 0.3 is 0 Å². The molecule has 0 atom stereocenters. The van der Waals surface area contributed by atoms with E-state index in [9.17, 15) is 8.42 Å². The van der Waals surface area contributed by atoms with Gasteiger partial charge in [-0.15, -0.1) is 11.3 Å². The number of hydrogen-bond donors (Lipinski definition) is 2. The summed E-state index contributed by atoms with van der Waals surface area (Å²) in [5, 5.41) is 9.40. The summed E-state index contributed by atoms with van der Waals surface area (Å²) in [4.78, 5) is 1.20. The molecule has 3 rings (SSSR count). The molecule has 6 nitrogen and oxygen atoms in total. The van der Waals surface area contributed by atoms with Crippen molar-refractivity contribution < 1.29 is 8.42 Å². The Labute approximate surface area is 128 Å². The molecule has 0 aliphatic heterocycles. The molecular formula is C13H18N4O2S2. The molecule has 1 fully saturated rings. The van der Waals surface area contributed by atoms with Gasteiger partial charge in [-0.3, -0.25) is 4.68 Å². The summed E-state index contributed by atoms with van der Waals surface area (Å²) < 4.78 is 28.6. The normalized spacial score (nSPS) is 15.4. The molecule has 0 aromatic carbocycles. The second kappa shape index (κ2) is 6.27. The van der Waals surface area contributed by atoms with Crippen molar-refractivity contribution in [3.63, 3.8) is 0 Å². The minimum atomic E-state index is -3.49. The summed E-state index contributed by atoms with van der Waals surface area (Å²) >= 11 is 1.53. The molecule has 2 heterocycles. The predicted molar refractivity (Wildman–Crippen MR) is 81.6 cm³/mol. The molecule has 0 radical (unpaired) electrons. The van der Waals surface area contributed by atoms with Crippen molar-refractivity contribution in [3.05, 3.63) is 34.8 Å². The van der Waals surface area contributed by atoms with Crippen molar-refractivity contribution in [1.82, 2.24) is 19.8 Å². The van der Waals surface area contributed by atoms with Crippen LogP contribution in [-0.2, 0) is 23.1 Å². The SMILES string of the molecule is O=S(=O)(NCc1cccs1)c1cnn(CCNC2CC2)c1. The average molecular weight is 326 g/mol. The topological polar surface area (TPSA) is 76.0 Å². The lowest BCUT2D eigenvalue weighted by Crippen LogP contribution is -2.23. The highest BCUT2D eigenvalue weighted by Crippen LogP contribution is 2.18. The standard InChI is InChI=1S/C13H18N4O2S2/c18-21(19,16-8-12-2-1-7-20-12)13-9-15-17(10-13)6-5-14-11-3-4-11/h1-2,7,9-11,14,16H,3-6,8H2. The van der Waals surface area contributed by atoms with Gasteiger partial charge in [0.15, 0.2) is 0 Å². The van der Waals surface area contributed by atoms with Crippen LogP contribution in [0.2, 0.25) is 0 Å². The molecule has 1 aliphatic rings. The molecule has 0 spiro atoms. The highest BCUT2D eigenvalue weighted by molar-refractivity contribution is 7.89. The van der Waals surface area contributed by atoms with Crippen LogP contribution in [0.15, 0.2) is 34.8 Å². The Morgan fingerprint density at radius 1 is 1.43 bits per heavy atom. The minimum absolute atomic E-state index is 0.213. The first kappa shape index (κ1) is 14.7. The van der Waals surface area contributed by atoms with Crippen LogP contribution in [0.4, 0.5) is 0 Å². The molecule has 0 unspecified atom stereocenters. The number of hydrogen-bond acceptors (Lipinski definition) is 5. The third kappa shape index (κ3) is 4.13. The van der Waals surface area contributed by atoms with Crippen molar-refractivity contribution in [1.29, 1.82) is 0 Å². The number of nitrogens with zero attached hydrogens (tertiary/aromatic N) is 2. The van der Waals surface area contributed by atoms with Gasteiger partial charge in [0.1, 0.15) is 4.90 Å². The first-order chi connectivity index (χ1) is 10.1. The van der Waals surface area contributed by atoms with Gasteiger partial charge in [0.2, 0.25) is 10.0 Å². The van der Waals surface area contributed by atoms with Gasteiger partial charge < -0.3 is 5.32 Å². The molecule has 0 bridgehead atoms. The highest BCUT2D eigenvalue weighted by atomic mass is 32.2. The van der Waals surface area contributed by atoms with E-state index in [4.69, 9.17) is 0 Å². The molecule has 1 aliphatic carbocycles. The van der Waals surface area contributed by atoms with Crippen LogP contribution in [0, 0.1) is 0 Å². The van der Waals surface area contributed by atoms with Crippen LogP contribution in [0.5, 0.6) is 0 Å². The molecule has 0 saturated heterocycles. The van der Waals surface area contributed by atoms with Gasteiger partial charge in [-0.25, -0.2) is 13.1 Å². The number of nitrogens with one attached hydrogen (secondary N) is 2. The first-order valence-electron chi connectivity index (χ1n) is 6.91. The lowest BCUT2D eigenvalue weighted by atomic mass is 10.5. The zero-order valence-corrected chi connectivity index (χ0v) is 13.2. The van der Waals surface area contributed by atoms with E-state index >= 15 is 0 Å². The van der Waals surface area contributed by atoms with Crippen LogP contribution in [0.3, 0.4) is 0 Å². The van der Waals surface area contributed by atoms with E-state index < -0.39 is 10.0 Å². The van der Waals surface area contributed by atoms with E-state index in [0.717, 1.165) is 11.4 Å². The lowest BCUT2D eigenvalue weighted by molar-refractivity contribution is 0.551. The van der Waals surface area contributed by atoms with Crippen LogP contribution in [-0.4, -0.2) is 30.8 Å². The fourth-order valence-corrected chi connectivity index (χ4v) is 3.63. The Balaban J connectivity index is 1.55. The Morgan fingerprint density at radius 2 is 2.29 bits per heavy atom. The Hall–Kier alpha value is -1.22. The summed E-state index contributed by atoms with van der Waals surface area (Å²) in [6.07, 6.45) is 5.45. The van der Waals surface area contributed by atoms with Gasteiger partial charge in [0.05, 0.1) is 12.7 Å². The number of thiophene rings is 1. The molecule has 8 heteroatoms. The zero-order chi connectivity index (χ0) is 14.7. The molecule has 2 N–H and O–H groups in total. The molecule has 114 valence electrons. The smallest absolute Gasteiger partial charge is 0.244 e. The van der Waals surface area contributed by atoms with E-state index in [1.165, 1.54) is 30.4 Å². The molecule has 0 amide bonds. The summed E-state index contributed by atoms with van der Waals surface area (Å²) in [6, 6.07) is 4.45. The fraction of sp³-hybridized carbons (Fsp3) is 0.462. The third-order valence-corrected chi connectivity index (χ3v) is 5.52. The van der Waals surface area contributed by atoms with Crippen LogP contribution >= 0.6 is 11.3 Å². The van der Waals surface area contributed by atoms with Gasteiger partial charge in [0.25, 0.3) is 0 Å². The van der Waals surface area contributed by atoms with E-state index in [0.29, 0.717) is 19.1 Å². The van der Waals surface area contributed by atoms with E-state index in [2.05, 4.69) is 15.1 Å². The van der Waals surface area contributed by atoms with Gasteiger partial charge in [-0.05, 0) is 24.3 Å². The first-order valence-corrected chi connectivity index (χ1v) is 9.28. The minimum Gasteiger partial charge on any atom is -0.312 e. The van der Waals surface area contributed by atoms with Crippen LogP contribution in [0.25, 0.3) is 0 Å². The van der Waals surface area contributed by atoms with Gasteiger partial charge in [0, 0.05) is 30.2 Å². The van der Waals surface area contributed by atoms with Crippen molar-refractivity contribution in [2.75, 3.05) is 6.54 Å². The summed E-state index contributed by atoms with van der Waals surface area (Å²) in [6.45, 7) is 1.81. The monoisotopic (exact) mass is 326 g/mol. The Bertz CT molecular complexity index is 675. The van der Waals surface area contributed by atoms with Crippen molar-refractivity contribution in [2.45, 2.75) is 36.9 Å². The summed E-state index contributed by atoms with van der Waals surface area (Å²) in [5.41, 5.74) is 0. The van der Waals surface area contributed by atoms with Gasteiger partial charge in [-0.2, -0.15) is 5.10 Å². The number of aromatic nitrogens is 2. The fourth-order valence-electron chi connectivity index (χ4n) is 1.94. The van der Waals surface area contributed by atoms with E-state index in [1.54, 1.807) is 10.9 Å². The van der Waals surface area contributed by atoms with Crippen molar-refractivity contribution in [2.24, 2.45) is 0 Å². The molecule has 1 saturated carbocycles. The van der Waals surface area contributed by atoms with Crippen LogP contribution < -0.4 is 10.0 Å². The largest absolute Gasteiger partial charge is 0.312 e. The summed E-state index contributed by atoms with van der Waals surface area (Å²) in [7, 11) is -3.49. The van der Waals surface area contributed by atoms with Crippen LogP contribution in [0.1, 0.15) is 17.7 Å². The number of rotatable bonds is 8. The maximum Gasteiger partial charge on any atom is 0.244 e. The molecule has 2 aromatic heterocycles. The second-order valence-corrected chi connectivity index (χ2v) is 7.87. The highest BCUT2D eigenvalue weighted by Gasteiger charge is 2.20. The summed E-state index contributed by atoms with van der Waals surface area (Å²) in [5.74, 6) is 0. The van der Waals surface area contributed by atoms with Crippen molar-refractivity contribution in [3.8, 4) is 0 Å². The predicted octanol–water partition coefficient (Wildman–Crippen LogP) is 1.18. The second-order valence-electron chi connectivity index (χ2n) is 5.07. The Morgan fingerprint density at radius 3 is 3.00 bits per heavy atom. The number of sulfonamides is 1. The maximum absolute atomic E-state index is 12.2. The van der Waals surface area contributed by atoms with Crippen molar-refractivity contribution >= 4 is 21.4 Å². The third-order valence-electron chi connectivity index (χ3n) is 3.29. The average Bonchev–Trinajstić information content (AvgIpc) is 2.94. The lowest BCUT2D eigenvalue weighted by Gasteiger charge is -2.03. The van der Waals surface area contributed by atoms with E-state index in [1.807, 2.05) is 17.5 Å². The van der Waals surface area contributed by atoms with E-state index in [-0.39, 0.29) is 4.90 Å². The maximum atomic E-state index is 12.2. The zero-order valence-electron chi connectivity index (χ0n) is 11.5. The molecule has 21 heavy (non-hydrogen) atoms. The van der Waals surface area contributed by atoms with Gasteiger partial charge in [-0.1, -0.05) is 6.07 Å². The quantitative estimate of drug-likeness (QED) is 0.764. The molecule has 2 aromatic rings. The Kier molecular flexibility index (Phi) is 4.39.